The first kappa shape index (κ1) is 18.7. The molecule has 0 fully saturated rings. The average Bonchev–Trinajstić information content (AvgIpc) is 2.21. The van der Waals surface area contributed by atoms with Crippen LogP contribution >= 0.6 is 0 Å². The molecule has 0 aliphatic heterocycles. The molecule has 19 heavy (non-hydrogen) atoms. The second-order valence-electron chi connectivity index (χ2n) is 4.24. The second-order valence-corrected chi connectivity index (χ2v) is 7.53. The highest BCUT2D eigenvalue weighted by molar-refractivity contribution is 7.86. The summed E-state index contributed by atoms with van der Waals surface area (Å²) in [5.41, 5.74) is -1.04. The van der Waals surface area contributed by atoms with Crippen molar-refractivity contribution in [1.82, 2.24) is 0 Å². The highest BCUT2D eigenvalue weighted by Gasteiger charge is 2.28. The van der Waals surface area contributed by atoms with E-state index in [1.54, 1.807) is 6.92 Å². The Morgan fingerprint density at radius 2 is 1.53 bits per heavy atom. The Balaban J connectivity index is 4.49. The van der Waals surface area contributed by atoms with Crippen molar-refractivity contribution in [2.24, 2.45) is 0 Å². The highest BCUT2D eigenvalue weighted by Crippen LogP contribution is 2.18. The van der Waals surface area contributed by atoms with Crippen molar-refractivity contribution in [2.75, 3.05) is 39.6 Å². The summed E-state index contributed by atoms with van der Waals surface area (Å²) in [5.74, 6) is 0. The van der Waals surface area contributed by atoms with Gasteiger partial charge in [0, 0.05) is 13.5 Å². The summed E-state index contributed by atoms with van der Waals surface area (Å²) in [6.07, 6.45) is 1.96. The summed E-state index contributed by atoms with van der Waals surface area (Å²) < 4.78 is 62.8. The third kappa shape index (κ3) is 11.3. The number of ether oxygens (including phenoxy) is 2. The first-order chi connectivity index (χ1) is 8.47. The Hall–Kier alpha value is -0.260. The van der Waals surface area contributed by atoms with Crippen molar-refractivity contribution in [3.05, 3.63) is 0 Å². The molecule has 0 saturated carbocycles. The molecule has 0 spiro atoms. The van der Waals surface area contributed by atoms with E-state index < -0.39 is 25.8 Å². The van der Waals surface area contributed by atoms with Gasteiger partial charge in [-0.3, -0.25) is 8.37 Å². The van der Waals surface area contributed by atoms with Crippen LogP contribution in [-0.2, 0) is 38.1 Å². The molecule has 10 heteroatoms. The van der Waals surface area contributed by atoms with Crippen LogP contribution in [0.5, 0.6) is 0 Å². The summed E-state index contributed by atoms with van der Waals surface area (Å²) in [7, 11) is -5.76. The molecule has 0 aliphatic carbocycles. The summed E-state index contributed by atoms with van der Waals surface area (Å²) in [4.78, 5) is 0. The van der Waals surface area contributed by atoms with Crippen molar-refractivity contribution in [3.8, 4) is 0 Å². The van der Waals surface area contributed by atoms with E-state index in [1.165, 1.54) is 7.11 Å². The largest absolute Gasteiger partial charge is 0.359 e. The lowest BCUT2D eigenvalue weighted by atomic mass is 10.0. The van der Waals surface area contributed by atoms with Crippen molar-refractivity contribution in [2.45, 2.75) is 18.9 Å². The fraction of sp³-hybridized carbons (Fsp3) is 1.00. The highest BCUT2D eigenvalue weighted by atomic mass is 32.2. The van der Waals surface area contributed by atoms with Gasteiger partial charge in [-0.1, -0.05) is 0 Å². The molecule has 8 nitrogen and oxygen atoms in total. The molecule has 0 saturated heterocycles. The minimum atomic E-state index is -3.62. The third-order valence-corrected chi connectivity index (χ3v) is 3.17. The van der Waals surface area contributed by atoms with E-state index in [2.05, 4.69) is 8.37 Å². The van der Waals surface area contributed by atoms with Crippen LogP contribution < -0.4 is 0 Å². The minimum absolute atomic E-state index is 0.0809. The fourth-order valence-corrected chi connectivity index (χ4v) is 1.88. The van der Waals surface area contributed by atoms with Crippen LogP contribution in [0.3, 0.4) is 0 Å². The van der Waals surface area contributed by atoms with Gasteiger partial charge in [0.05, 0.1) is 31.3 Å². The summed E-state index contributed by atoms with van der Waals surface area (Å²) in [6, 6.07) is 0. The van der Waals surface area contributed by atoms with Crippen molar-refractivity contribution in [3.63, 3.8) is 0 Å². The van der Waals surface area contributed by atoms with Crippen molar-refractivity contribution < 1.29 is 34.7 Å². The zero-order valence-electron chi connectivity index (χ0n) is 11.4. The molecule has 0 aromatic carbocycles. The quantitative estimate of drug-likeness (QED) is 0.399. The molecular formula is C9H20O8S2. The molecule has 0 aromatic rings. The maximum atomic E-state index is 10.9. The van der Waals surface area contributed by atoms with Crippen LogP contribution in [0, 0.1) is 0 Å². The van der Waals surface area contributed by atoms with Gasteiger partial charge in [-0.05, 0) is 6.92 Å². The molecule has 116 valence electrons. The second kappa shape index (κ2) is 7.50. The van der Waals surface area contributed by atoms with Crippen LogP contribution in [0.2, 0.25) is 0 Å². The smallest absolute Gasteiger partial charge is 0.264 e. The molecular weight excluding hydrogens is 300 g/mol. The number of hydrogen-bond donors (Lipinski definition) is 0. The normalized spacial score (nSPS) is 16.2. The van der Waals surface area contributed by atoms with Gasteiger partial charge in [0.2, 0.25) is 0 Å². The fourth-order valence-electron chi connectivity index (χ4n) is 1.03. The number of methoxy groups -OCH3 is 1. The molecule has 0 rings (SSSR count). The van der Waals surface area contributed by atoms with Crippen molar-refractivity contribution >= 4 is 20.2 Å². The van der Waals surface area contributed by atoms with Crippen LogP contribution in [0.25, 0.3) is 0 Å². The third-order valence-electron chi connectivity index (χ3n) is 2.03. The molecule has 0 heterocycles. The minimum Gasteiger partial charge on any atom is -0.359 e. The molecule has 0 bridgehead atoms. The maximum absolute atomic E-state index is 10.9. The Morgan fingerprint density at radius 3 is 1.95 bits per heavy atom. The molecule has 0 unspecified atom stereocenters. The first-order valence-electron chi connectivity index (χ1n) is 5.29. The van der Waals surface area contributed by atoms with E-state index in [0.717, 1.165) is 12.5 Å². The van der Waals surface area contributed by atoms with Gasteiger partial charge in [0.1, 0.15) is 6.79 Å². The molecule has 0 aliphatic rings. The number of hydrogen-bond acceptors (Lipinski definition) is 8. The van der Waals surface area contributed by atoms with Gasteiger partial charge in [-0.25, -0.2) is 0 Å². The zero-order valence-corrected chi connectivity index (χ0v) is 13.0. The Kier molecular flexibility index (Phi) is 7.40. The predicted molar refractivity (Wildman–Crippen MR) is 67.6 cm³/mol. The van der Waals surface area contributed by atoms with E-state index in [-0.39, 0.29) is 26.4 Å². The lowest BCUT2D eigenvalue weighted by Gasteiger charge is -2.28. The predicted octanol–water partition coefficient (Wildman–Crippen LogP) is -0.292. The Bertz CT molecular complexity index is 455. The van der Waals surface area contributed by atoms with Crippen molar-refractivity contribution in [1.29, 1.82) is 0 Å². The maximum Gasteiger partial charge on any atom is 0.264 e. The number of rotatable bonds is 10. The van der Waals surface area contributed by atoms with Gasteiger partial charge in [0.15, 0.2) is 0 Å². The van der Waals surface area contributed by atoms with Crippen LogP contribution in [0.15, 0.2) is 0 Å². The lowest BCUT2D eigenvalue weighted by molar-refractivity contribution is -0.141. The molecule has 0 radical (unpaired) electrons. The van der Waals surface area contributed by atoms with Crippen LogP contribution in [0.1, 0.15) is 13.3 Å². The van der Waals surface area contributed by atoms with Gasteiger partial charge in [-0.15, -0.1) is 0 Å². The Morgan fingerprint density at radius 1 is 1.00 bits per heavy atom. The monoisotopic (exact) mass is 320 g/mol. The Labute approximate surface area is 114 Å². The average molecular weight is 320 g/mol. The SMILES string of the molecule is COCO[C@](C)(CCOS(C)(=O)=O)COS(C)(=O)=O. The van der Waals surface area contributed by atoms with E-state index in [4.69, 9.17) is 9.47 Å². The van der Waals surface area contributed by atoms with Gasteiger partial charge in [-0.2, -0.15) is 16.8 Å². The molecule has 0 N–H and O–H groups in total. The summed E-state index contributed by atoms with van der Waals surface area (Å²) in [5, 5.41) is 0. The van der Waals surface area contributed by atoms with Gasteiger partial charge >= 0.3 is 0 Å². The van der Waals surface area contributed by atoms with E-state index in [0.29, 0.717) is 0 Å². The topological polar surface area (TPSA) is 105 Å². The van der Waals surface area contributed by atoms with E-state index in [9.17, 15) is 16.8 Å². The van der Waals surface area contributed by atoms with Crippen LogP contribution in [0.4, 0.5) is 0 Å². The van der Waals surface area contributed by atoms with E-state index in [1.807, 2.05) is 0 Å². The van der Waals surface area contributed by atoms with Gasteiger partial charge in [0.25, 0.3) is 20.2 Å². The standard InChI is InChI=1S/C9H20O8S2/c1-9(15-8-14-2,7-17-19(4,12)13)5-6-16-18(3,10)11/h5-8H2,1-4H3/t9-/m1/s1. The summed E-state index contributed by atoms with van der Waals surface area (Å²) in [6.45, 7) is 1.08. The zero-order chi connectivity index (χ0) is 15.2. The first-order valence-corrected chi connectivity index (χ1v) is 8.92. The van der Waals surface area contributed by atoms with E-state index >= 15 is 0 Å². The molecule has 0 aromatic heterocycles. The molecule has 1 atom stereocenters. The van der Waals surface area contributed by atoms with Gasteiger partial charge < -0.3 is 9.47 Å². The molecule has 0 amide bonds. The summed E-state index contributed by atoms with van der Waals surface area (Å²) >= 11 is 0. The lowest BCUT2D eigenvalue weighted by Crippen LogP contribution is -2.37. The van der Waals surface area contributed by atoms with Crippen LogP contribution in [-0.4, -0.2) is 62.1 Å².